The molecule has 0 aromatic carbocycles. The van der Waals surface area contributed by atoms with E-state index in [2.05, 4.69) is 57.9 Å². The minimum atomic E-state index is -0.0150. The van der Waals surface area contributed by atoms with Crippen LogP contribution in [0.5, 0.6) is 0 Å². The highest BCUT2D eigenvalue weighted by Crippen LogP contribution is 2.20. The second kappa shape index (κ2) is 7.82. The van der Waals surface area contributed by atoms with Crippen molar-refractivity contribution in [2.75, 3.05) is 11.9 Å². The number of hydrogen-bond donors (Lipinski definition) is 2. The average molecular weight is 372 g/mol. The van der Waals surface area contributed by atoms with Crippen molar-refractivity contribution in [1.29, 1.82) is 0 Å². The Kier molecular flexibility index (Phi) is 5.51. The van der Waals surface area contributed by atoms with Crippen LogP contribution < -0.4 is 10.6 Å². The van der Waals surface area contributed by atoms with Crippen LogP contribution in [0.1, 0.15) is 32.1 Å². The summed E-state index contributed by atoms with van der Waals surface area (Å²) < 4.78 is 1.80. The summed E-state index contributed by atoms with van der Waals surface area (Å²) in [6, 6.07) is 4.11. The number of amides is 1. The minimum Gasteiger partial charge on any atom is -0.364 e. The summed E-state index contributed by atoms with van der Waals surface area (Å²) in [5, 5.41) is 13.6. The van der Waals surface area contributed by atoms with E-state index >= 15 is 0 Å². The lowest BCUT2D eigenvalue weighted by molar-refractivity contribution is -0.122. The van der Waals surface area contributed by atoms with Gasteiger partial charge in [0.2, 0.25) is 5.91 Å². The molecule has 0 atom stereocenters. The zero-order valence-electron chi connectivity index (χ0n) is 15.3. The van der Waals surface area contributed by atoms with Gasteiger partial charge in [-0.3, -0.25) is 4.79 Å². The molecule has 0 aliphatic rings. The number of carbonyl (C=O) groups is 1. The van der Waals surface area contributed by atoms with E-state index in [0.717, 1.165) is 23.4 Å². The van der Waals surface area contributed by atoms with E-state index in [1.807, 2.05) is 6.07 Å². The summed E-state index contributed by atoms with van der Waals surface area (Å²) in [4.78, 5) is 21.8. The summed E-state index contributed by atoms with van der Waals surface area (Å²) in [6.07, 6.45) is 3.81. The molecule has 1 amide bonds. The molecule has 0 radical (unpaired) electrons. The SMILES string of the molecule is CC(C)(C)CC(=O)NCCn1ncc2c(NCc3cccs3)ncnc21. The van der Waals surface area contributed by atoms with Gasteiger partial charge >= 0.3 is 0 Å². The van der Waals surface area contributed by atoms with E-state index in [-0.39, 0.29) is 11.3 Å². The standard InChI is InChI=1S/C18H24N6OS/c1-18(2,3)9-15(25)19-6-7-24-17-14(11-23-24)16(21-12-22-17)20-10-13-5-4-8-26-13/h4-5,8,11-12H,6-7,9-10H2,1-3H3,(H,19,25)(H,20,21,22). The zero-order valence-corrected chi connectivity index (χ0v) is 16.1. The Hall–Kier alpha value is -2.48. The fourth-order valence-corrected chi connectivity index (χ4v) is 3.27. The molecule has 0 bridgehead atoms. The Morgan fingerprint density at radius 1 is 1.31 bits per heavy atom. The van der Waals surface area contributed by atoms with Gasteiger partial charge in [-0.05, 0) is 16.9 Å². The van der Waals surface area contributed by atoms with Crippen LogP contribution >= 0.6 is 11.3 Å². The van der Waals surface area contributed by atoms with Gasteiger partial charge < -0.3 is 10.6 Å². The number of nitrogens with one attached hydrogen (secondary N) is 2. The van der Waals surface area contributed by atoms with Crippen LogP contribution in [0.3, 0.4) is 0 Å². The molecule has 0 fully saturated rings. The second-order valence-corrected chi connectivity index (χ2v) is 8.38. The van der Waals surface area contributed by atoms with Crippen LogP contribution in [-0.4, -0.2) is 32.2 Å². The first-order valence-electron chi connectivity index (χ1n) is 8.62. The third-order valence-corrected chi connectivity index (χ3v) is 4.66. The molecule has 0 unspecified atom stereocenters. The number of anilines is 1. The lowest BCUT2D eigenvalue weighted by atomic mass is 9.92. The van der Waals surface area contributed by atoms with Gasteiger partial charge in [0.05, 0.1) is 24.7 Å². The number of fused-ring (bicyclic) bond motifs is 1. The smallest absolute Gasteiger partial charge is 0.220 e. The van der Waals surface area contributed by atoms with E-state index in [0.29, 0.717) is 19.5 Å². The first-order valence-corrected chi connectivity index (χ1v) is 9.50. The minimum absolute atomic E-state index is 0.0150. The Bertz CT molecular complexity index is 866. The van der Waals surface area contributed by atoms with Gasteiger partial charge in [0.15, 0.2) is 5.65 Å². The highest BCUT2D eigenvalue weighted by atomic mass is 32.1. The average Bonchev–Trinajstić information content (AvgIpc) is 3.21. The quantitative estimate of drug-likeness (QED) is 0.666. The maximum atomic E-state index is 11.9. The number of nitrogens with zero attached hydrogens (tertiary/aromatic N) is 4. The van der Waals surface area contributed by atoms with E-state index in [4.69, 9.17) is 0 Å². The van der Waals surface area contributed by atoms with Crippen LogP contribution in [-0.2, 0) is 17.9 Å². The van der Waals surface area contributed by atoms with Gasteiger partial charge in [-0.15, -0.1) is 11.3 Å². The van der Waals surface area contributed by atoms with Gasteiger partial charge in [-0.2, -0.15) is 5.10 Å². The van der Waals surface area contributed by atoms with Gasteiger partial charge in [0, 0.05) is 17.8 Å². The maximum Gasteiger partial charge on any atom is 0.220 e. The Morgan fingerprint density at radius 2 is 2.15 bits per heavy atom. The molecule has 3 heterocycles. The number of hydrogen-bond acceptors (Lipinski definition) is 6. The predicted octanol–water partition coefficient (Wildman–Crippen LogP) is 3.05. The molecule has 0 spiro atoms. The third-order valence-electron chi connectivity index (χ3n) is 3.78. The molecular weight excluding hydrogens is 348 g/mol. The zero-order chi connectivity index (χ0) is 18.6. The molecule has 0 saturated heterocycles. The van der Waals surface area contributed by atoms with Crippen molar-refractivity contribution in [3.8, 4) is 0 Å². The monoisotopic (exact) mass is 372 g/mol. The largest absolute Gasteiger partial charge is 0.364 e. The van der Waals surface area contributed by atoms with Gasteiger partial charge in [-0.25, -0.2) is 14.6 Å². The number of thiophene rings is 1. The number of rotatable bonds is 7. The van der Waals surface area contributed by atoms with E-state index < -0.39 is 0 Å². The fourth-order valence-electron chi connectivity index (χ4n) is 2.63. The van der Waals surface area contributed by atoms with Crippen LogP contribution in [0.15, 0.2) is 30.0 Å². The molecular formula is C18H24N6OS. The number of aromatic nitrogens is 4. The van der Waals surface area contributed by atoms with E-state index in [1.54, 1.807) is 22.2 Å². The van der Waals surface area contributed by atoms with Crippen molar-refractivity contribution in [3.05, 3.63) is 34.9 Å². The maximum absolute atomic E-state index is 11.9. The molecule has 138 valence electrons. The first-order chi connectivity index (χ1) is 12.4. The molecule has 7 nitrogen and oxygen atoms in total. The lowest BCUT2D eigenvalue weighted by Crippen LogP contribution is -2.30. The molecule has 3 aromatic heterocycles. The Morgan fingerprint density at radius 3 is 2.88 bits per heavy atom. The highest BCUT2D eigenvalue weighted by molar-refractivity contribution is 7.09. The molecule has 26 heavy (non-hydrogen) atoms. The van der Waals surface area contributed by atoms with Crippen molar-refractivity contribution in [3.63, 3.8) is 0 Å². The second-order valence-electron chi connectivity index (χ2n) is 7.35. The summed E-state index contributed by atoms with van der Waals surface area (Å²) in [7, 11) is 0. The van der Waals surface area contributed by atoms with Gasteiger partial charge in [-0.1, -0.05) is 26.8 Å². The highest BCUT2D eigenvalue weighted by Gasteiger charge is 2.15. The van der Waals surface area contributed by atoms with Crippen molar-refractivity contribution in [1.82, 2.24) is 25.1 Å². The van der Waals surface area contributed by atoms with Crippen LogP contribution in [0, 0.1) is 5.41 Å². The van der Waals surface area contributed by atoms with Crippen LogP contribution in [0.2, 0.25) is 0 Å². The summed E-state index contributed by atoms with van der Waals surface area (Å²) in [5.41, 5.74) is 0.748. The normalized spacial score (nSPS) is 11.7. The van der Waals surface area contributed by atoms with Gasteiger partial charge in [0.25, 0.3) is 0 Å². The number of carbonyl (C=O) groups excluding carboxylic acids is 1. The molecule has 3 aromatic rings. The van der Waals surface area contributed by atoms with Crippen molar-refractivity contribution in [2.24, 2.45) is 5.41 Å². The third kappa shape index (κ3) is 4.78. The van der Waals surface area contributed by atoms with Crippen LogP contribution in [0.4, 0.5) is 5.82 Å². The molecule has 3 rings (SSSR count). The van der Waals surface area contributed by atoms with Crippen molar-refractivity contribution < 1.29 is 4.79 Å². The van der Waals surface area contributed by atoms with Crippen molar-refractivity contribution >= 4 is 34.1 Å². The van der Waals surface area contributed by atoms with Gasteiger partial charge in [0.1, 0.15) is 12.1 Å². The first kappa shape index (κ1) is 18.3. The molecule has 0 saturated carbocycles. The van der Waals surface area contributed by atoms with E-state index in [9.17, 15) is 4.79 Å². The summed E-state index contributed by atoms with van der Waals surface area (Å²) in [6.45, 7) is 7.96. The van der Waals surface area contributed by atoms with Crippen LogP contribution in [0.25, 0.3) is 11.0 Å². The Labute approximate surface area is 156 Å². The molecule has 0 aliphatic carbocycles. The fraction of sp³-hybridized carbons (Fsp3) is 0.444. The lowest BCUT2D eigenvalue weighted by Gasteiger charge is -2.17. The topological polar surface area (TPSA) is 84.7 Å². The Balaban J connectivity index is 1.61. The summed E-state index contributed by atoms with van der Waals surface area (Å²) in [5.74, 6) is 0.827. The van der Waals surface area contributed by atoms with E-state index in [1.165, 1.54) is 11.2 Å². The molecule has 8 heteroatoms. The summed E-state index contributed by atoms with van der Waals surface area (Å²) >= 11 is 1.70. The van der Waals surface area contributed by atoms with Crippen molar-refractivity contribution in [2.45, 2.75) is 40.3 Å². The molecule has 0 aliphatic heterocycles. The molecule has 2 N–H and O–H groups in total. The predicted molar refractivity (Wildman–Crippen MR) is 104 cm³/mol.